The number of thiazole rings is 1. The van der Waals surface area contributed by atoms with Gasteiger partial charge in [-0.2, -0.15) is 0 Å². The van der Waals surface area contributed by atoms with E-state index in [1.54, 1.807) is 11.7 Å². The van der Waals surface area contributed by atoms with E-state index in [4.69, 9.17) is 9.47 Å². The Balaban J connectivity index is 1.31. The lowest BCUT2D eigenvalue weighted by molar-refractivity contribution is -0.0649. The molecule has 2 aromatic heterocycles. The fourth-order valence-electron chi connectivity index (χ4n) is 4.05. The van der Waals surface area contributed by atoms with E-state index in [1.807, 2.05) is 28.5 Å². The summed E-state index contributed by atoms with van der Waals surface area (Å²) in [5.74, 6) is 1.18. The zero-order valence-corrected chi connectivity index (χ0v) is 15.5. The summed E-state index contributed by atoms with van der Waals surface area (Å²) < 4.78 is 12.0. The first-order valence-electron chi connectivity index (χ1n) is 9.12. The summed E-state index contributed by atoms with van der Waals surface area (Å²) in [6, 6.07) is 5.69. The number of likely N-dealkylation sites (tertiary alicyclic amines) is 1. The zero-order chi connectivity index (χ0) is 17.8. The number of pyridine rings is 1. The Hall–Kier alpha value is -1.99. The number of piperidine rings is 1. The van der Waals surface area contributed by atoms with Crippen LogP contribution in [0.5, 0.6) is 5.88 Å². The van der Waals surface area contributed by atoms with Gasteiger partial charge in [0.15, 0.2) is 0 Å². The van der Waals surface area contributed by atoms with E-state index in [0.29, 0.717) is 24.1 Å². The Morgan fingerprint density at radius 1 is 1.35 bits per heavy atom. The van der Waals surface area contributed by atoms with Crippen LogP contribution in [-0.2, 0) is 4.74 Å². The van der Waals surface area contributed by atoms with Crippen LogP contribution in [0.2, 0.25) is 0 Å². The Bertz CT molecular complexity index is 715. The molecule has 0 aromatic carbocycles. The standard InChI is InChI=1S/C19H23N3O3S/c23-18(16-13-26-14-21-16)22-9-6-19(7-10-22)15(5-12-25-19)4-11-24-17-3-1-2-8-20-17/h1-3,8,13-15H,4-7,9-12H2/t15-/m1/s1. The van der Waals surface area contributed by atoms with E-state index in [0.717, 1.165) is 45.4 Å². The van der Waals surface area contributed by atoms with Crippen LogP contribution in [0, 0.1) is 5.92 Å². The number of hydrogen-bond donors (Lipinski definition) is 0. The van der Waals surface area contributed by atoms with Crippen LogP contribution in [-0.4, -0.2) is 52.7 Å². The summed E-state index contributed by atoms with van der Waals surface area (Å²) in [4.78, 5) is 22.7. The molecule has 1 amide bonds. The Morgan fingerprint density at radius 3 is 2.96 bits per heavy atom. The van der Waals surface area contributed by atoms with Crippen LogP contribution >= 0.6 is 11.3 Å². The van der Waals surface area contributed by atoms with Gasteiger partial charge < -0.3 is 14.4 Å². The molecular formula is C19H23N3O3S. The van der Waals surface area contributed by atoms with Gasteiger partial charge in [-0.1, -0.05) is 6.07 Å². The van der Waals surface area contributed by atoms with Crippen molar-refractivity contribution in [2.45, 2.75) is 31.3 Å². The number of nitrogens with zero attached hydrogens (tertiary/aromatic N) is 3. The SMILES string of the molecule is O=C(c1cscn1)N1CCC2(CC1)OCC[C@H]2CCOc1ccccn1. The Morgan fingerprint density at radius 2 is 2.23 bits per heavy atom. The molecule has 4 rings (SSSR count). The van der Waals surface area contributed by atoms with Crippen molar-refractivity contribution in [3.8, 4) is 5.88 Å². The molecule has 1 spiro atoms. The van der Waals surface area contributed by atoms with E-state index < -0.39 is 0 Å². The van der Waals surface area contributed by atoms with Crippen LogP contribution in [0.15, 0.2) is 35.3 Å². The van der Waals surface area contributed by atoms with Gasteiger partial charge in [0, 0.05) is 37.3 Å². The van der Waals surface area contributed by atoms with E-state index in [1.165, 1.54) is 11.3 Å². The van der Waals surface area contributed by atoms with E-state index in [-0.39, 0.29) is 11.5 Å². The molecule has 0 bridgehead atoms. The number of hydrogen-bond acceptors (Lipinski definition) is 6. The van der Waals surface area contributed by atoms with Gasteiger partial charge in [-0.15, -0.1) is 11.3 Å². The van der Waals surface area contributed by atoms with Crippen molar-refractivity contribution in [2.75, 3.05) is 26.3 Å². The average molecular weight is 373 g/mol. The Kier molecular flexibility index (Phi) is 5.17. The second-order valence-corrected chi connectivity index (χ2v) is 7.59. The molecule has 2 aromatic rings. The fourth-order valence-corrected chi connectivity index (χ4v) is 4.58. The Labute approximate surface area is 157 Å². The molecule has 2 saturated heterocycles. The second kappa shape index (κ2) is 7.72. The van der Waals surface area contributed by atoms with Crippen molar-refractivity contribution in [3.05, 3.63) is 41.0 Å². The molecule has 0 N–H and O–H groups in total. The topological polar surface area (TPSA) is 64.6 Å². The third-order valence-corrected chi connectivity index (χ3v) is 6.09. The van der Waals surface area contributed by atoms with Crippen molar-refractivity contribution in [1.82, 2.24) is 14.9 Å². The summed E-state index contributed by atoms with van der Waals surface area (Å²) in [5, 5.41) is 1.82. The molecule has 2 fully saturated rings. The van der Waals surface area contributed by atoms with Crippen molar-refractivity contribution in [3.63, 3.8) is 0 Å². The molecule has 0 saturated carbocycles. The minimum atomic E-state index is -0.105. The van der Waals surface area contributed by atoms with Gasteiger partial charge in [0.1, 0.15) is 5.69 Å². The maximum Gasteiger partial charge on any atom is 0.273 e. The molecule has 6 nitrogen and oxygen atoms in total. The van der Waals surface area contributed by atoms with Crippen LogP contribution in [0.3, 0.4) is 0 Å². The van der Waals surface area contributed by atoms with Crippen molar-refractivity contribution in [2.24, 2.45) is 5.92 Å². The predicted octanol–water partition coefficient (Wildman–Crippen LogP) is 3.02. The fraction of sp³-hybridized carbons (Fsp3) is 0.526. The van der Waals surface area contributed by atoms with Gasteiger partial charge in [0.2, 0.25) is 5.88 Å². The van der Waals surface area contributed by atoms with Gasteiger partial charge in [0.25, 0.3) is 5.91 Å². The van der Waals surface area contributed by atoms with Gasteiger partial charge in [-0.3, -0.25) is 4.79 Å². The molecule has 138 valence electrons. The third kappa shape index (κ3) is 3.59. The summed E-state index contributed by atoms with van der Waals surface area (Å²) in [7, 11) is 0. The van der Waals surface area contributed by atoms with E-state index >= 15 is 0 Å². The smallest absolute Gasteiger partial charge is 0.273 e. The lowest BCUT2D eigenvalue weighted by Gasteiger charge is -2.42. The van der Waals surface area contributed by atoms with Gasteiger partial charge in [0.05, 0.1) is 17.7 Å². The molecule has 7 heteroatoms. The van der Waals surface area contributed by atoms with Gasteiger partial charge in [-0.05, 0) is 37.7 Å². The lowest BCUT2D eigenvalue weighted by Crippen LogP contribution is -2.49. The highest BCUT2D eigenvalue weighted by Gasteiger charge is 2.46. The van der Waals surface area contributed by atoms with Gasteiger partial charge >= 0.3 is 0 Å². The second-order valence-electron chi connectivity index (χ2n) is 6.87. The normalized spacial score (nSPS) is 21.8. The first-order valence-corrected chi connectivity index (χ1v) is 10.1. The van der Waals surface area contributed by atoms with Gasteiger partial charge in [-0.25, -0.2) is 9.97 Å². The molecule has 0 radical (unpaired) electrons. The van der Waals surface area contributed by atoms with Crippen molar-refractivity contribution < 1.29 is 14.3 Å². The molecule has 0 aliphatic carbocycles. The maximum atomic E-state index is 12.5. The van der Waals surface area contributed by atoms with Crippen LogP contribution < -0.4 is 4.74 Å². The first-order chi connectivity index (χ1) is 12.8. The van der Waals surface area contributed by atoms with Crippen molar-refractivity contribution >= 4 is 17.2 Å². The van der Waals surface area contributed by atoms with Crippen LogP contribution in [0.1, 0.15) is 36.2 Å². The third-order valence-electron chi connectivity index (χ3n) is 5.50. The minimum Gasteiger partial charge on any atom is -0.478 e. The highest BCUT2D eigenvalue weighted by Crippen LogP contribution is 2.42. The molecule has 4 heterocycles. The first kappa shape index (κ1) is 17.4. The quantitative estimate of drug-likeness (QED) is 0.806. The molecule has 2 aliphatic heterocycles. The zero-order valence-electron chi connectivity index (χ0n) is 14.7. The monoisotopic (exact) mass is 373 g/mol. The molecule has 0 unspecified atom stereocenters. The number of ether oxygens (including phenoxy) is 2. The highest BCUT2D eigenvalue weighted by atomic mass is 32.1. The molecule has 26 heavy (non-hydrogen) atoms. The number of carbonyl (C=O) groups is 1. The van der Waals surface area contributed by atoms with E-state index in [9.17, 15) is 4.79 Å². The summed E-state index contributed by atoms with van der Waals surface area (Å²) >= 11 is 1.46. The average Bonchev–Trinajstić information content (AvgIpc) is 3.34. The minimum absolute atomic E-state index is 0.0362. The number of carbonyl (C=O) groups excluding carboxylic acids is 1. The number of aromatic nitrogens is 2. The molecular weight excluding hydrogens is 350 g/mol. The lowest BCUT2D eigenvalue weighted by atomic mass is 9.78. The predicted molar refractivity (Wildman–Crippen MR) is 98.4 cm³/mol. The summed E-state index contributed by atoms with van der Waals surface area (Å²) in [5.41, 5.74) is 2.15. The van der Waals surface area contributed by atoms with Crippen LogP contribution in [0.4, 0.5) is 0 Å². The summed E-state index contributed by atoms with van der Waals surface area (Å²) in [6.45, 7) is 2.91. The number of rotatable bonds is 5. The largest absolute Gasteiger partial charge is 0.478 e. The number of amides is 1. The highest BCUT2D eigenvalue weighted by molar-refractivity contribution is 7.07. The van der Waals surface area contributed by atoms with E-state index in [2.05, 4.69) is 9.97 Å². The maximum absolute atomic E-state index is 12.5. The molecule has 2 aliphatic rings. The molecule has 1 atom stereocenters. The van der Waals surface area contributed by atoms with Crippen LogP contribution in [0.25, 0.3) is 0 Å². The van der Waals surface area contributed by atoms with Crippen molar-refractivity contribution in [1.29, 1.82) is 0 Å². The summed E-state index contributed by atoms with van der Waals surface area (Å²) in [6.07, 6.45) is 5.53.